The standard InChI is InChI=1S/C9H10BN/c1-7(10)9-4-2-8(6-11)3-5-9/h2-4,7,9H,5H2,1H3. The van der Waals surface area contributed by atoms with Crippen LogP contribution in [0.3, 0.4) is 0 Å². The number of hydrogen-bond acceptors (Lipinski definition) is 1. The number of nitrogens with zero attached hydrogens (tertiary/aromatic N) is 1. The maximum atomic E-state index is 8.52. The molecule has 0 fully saturated rings. The molecule has 1 rings (SSSR count). The predicted octanol–water partition coefficient (Wildman–Crippen LogP) is 1.99. The molecule has 0 amide bonds. The number of rotatable bonds is 1. The summed E-state index contributed by atoms with van der Waals surface area (Å²) in [6, 6.07) is 2.10. The van der Waals surface area contributed by atoms with E-state index in [-0.39, 0.29) is 5.82 Å². The first-order valence-corrected chi connectivity index (χ1v) is 3.78. The van der Waals surface area contributed by atoms with Crippen molar-refractivity contribution in [2.24, 2.45) is 5.92 Å². The molecule has 2 atom stereocenters. The van der Waals surface area contributed by atoms with Gasteiger partial charge in [-0.25, -0.2) is 0 Å². The second kappa shape index (κ2) is 3.43. The Morgan fingerprint density at radius 2 is 2.55 bits per heavy atom. The van der Waals surface area contributed by atoms with Crippen LogP contribution in [0.25, 0.3) is 0 Å². The summed E-state index contributed by atoms with van der Waals surface area (Å²) in [7, 11) is 5.69. The molecule has 0 heterocycles. The van der Waals surface area contributed by atoms with Gasteiger partial charge in [-0.15, -0.1) is 0 Å². The molecule has 11 heavy (non-hydrogen) atoms. The SMILES string of the molecule is [B]C(C)C1C=CC(C#N)=CC1. The molecule has 2 unspecified atom stereocenters. The van der Waals surface area contributed by atoms with Crippen molar-refractivity contribution in [3.63, 3.8) is 0 Å². The van der Waals surface area contributed by atoms with E-state index in [9.17, 15) is 0 Å². The third-order valence-corrected chi connectivity index (χ3v) is 1.94. The molecule has 0 aromatic heterocycles. The first kappa shape index (κ1) is 8.13. The monoisotopic (exact) mass is 143 g/mol. The summed E-state index contributed by atoms with van der Waals surface area (Å²) in [5.41, 5.74) is 0.752. The Bertz CT molecular complexity index is 232. The van der Waals surface area contributed by atoms with Crippen LogP contribution in [0.4, 0.5) is 0 Å². The van der Waals surface area contributed by atoms with Crippen molar-refractivity contribution < 1.29 is 0 Å². The lowest BCUT2D eigenvalue weighted by molar-refractivity contribution is 0.630. The molecule has 0 aromatic rings. The second-order valence-electron chi connectivity index (χ2n) is 2.89. The molecule has 0 saturated carbocycles. The van der Waals surface area contributed by atoms with E-state index in [1.54, 1.807) is 0 Å². The summed E-state index contributed by atoms with van der Waals surface area (Å²) in [6.07, 6.45) is 6.70. The summed E-state index contributed by atoms with van der Waals surface area (Å²) < 4.78 is 0. The van der Waals surface area contributed by atoms with Gasteiger partial charge in [0, 0.05) is 5.57 Å². The molecular formula is C9H10BN. The first-order valence-electron chi connectivity index (χ1n) is 3.78. The van der Waals surface area contributed by atoms with Crippen LogP contribution >= 0.6 is 0 Å². The second-order valence-corrected chi connectivity index (χ2v) is 2.89. The van der Waals surface area contributed by atoms with E-state index >= 15 is 0 Å². The smallest absolute Gasteiger partial charge is 0.0988 e. The largest absolute Gasteiger partial charge is 0.192 e. The minimum Gasteiger partial charge on any atom is -0.192 e. The molecule has 0 aliphatic heterocycles. The van der Waals surface area contributed by atoms with Gasteiger partial charge < -0.3 is 0 Å². The summed E-state index contributed by atoms with van der Waals surface area (Å²) in [5.74, 6) is 0.592. The zero-order chi connectivity index (χ0) is 8.27. The van der Waals surface area contributed by atoms with E-state index in [0.29, 0.717) is 5.92 Å². The zero-order valence-corrected chi connectivity index (χ0v) is 6.62. The highest BCUT2D eigenvalue weighted by Crippen LogP contribution is 2.24. The fourth-order valence-electron chi connectivity index (χ4n) is 1.11. The van der Waals surface area contributed by atoms with Crippen LogP contribution in [0.15, 0.2) is 23.8 Å². The molecule has 1 nitrogen and oxygen atoms in total. The minimum absolute atomic E-state index is 0.183. The number of nitriles is 1. The van der Waals surface area contributed by atoms with E-state index in [2.05, 4.69) is 6.07 Å². The van der Waals surface area contributed by atoms with E-state index in [1.165, 1.54) is 0 Å². The summed E-state index contributed by atoms with van der Waals surface area (Å²) in [6.45, 7) is 1.99. The van der Waals surface area contributed by atoms with Crippen molar-refractivity contribution >= 4 is 7.85 Å². The van der Waals surface area contributed by atoms with E-state index in [4.69, 9.17) is 13.1 Å². The van der Waals surface area contributed by atoms with E-state index in [0.717, 1.165) is 12.0 Å². The third-order valence-electron chi connectivity index (χ3n) is 1.94. The summed E-state index contributed by atoms with van der Waals surface area (Å²) in [5, 5.41) is 8.52. The molecule has 2 radical (unpaired) electrons. The Labute approximate surface area is 68.8 Å². The maximum Gasteiger partial charge on any atom is 0.0988 e. The maximum absolute atomic E-state index is 8.52. The molecule has 2 heteroatoms. The van der Waals surface area contributed by atoms with Gasteiger partial charge in [-0.3, -0.25) is 0 Å². The van der Waals surface area contributed by atoms with Gasteiger partial charge in [0.25, 0.3) is 0 Å². The van der Waals surface area contributed by atoms with Gasteiger partial charge in [0.15, 0.2) is 0 Å². The van der Waals surface area contributed by atoms with Gasteiger partial charge in [0.1, 0.15) is 0 Å². The molecule has 1 aliphatic rings. The highest BCUT2D eigenvalue weighted by atomic mass is 14.2. The Morgan fingerprint density at radius 3 is 2.91 bits per heavy atom. The molecule has 0 saturated heterocycles. The molecule has 54 valence electrons. The topological polar surface area (TPSA) is 23.8 Å². The van der Waals surface area contributed by atoms with E-state index in [1.807, 2.05) is 25.2 Å². The van der Waals surface area contributed by atoms with Crippen LogP contribution in [-0.4, -0.2) is 7.85 Å². The Kier molecular flexibility index (Phi) is 2.54. The van der Waals surface area contributed by atoms with Crippen LogP contribution in [0, 0.1) is 17.2 Å². The van der Waals surface area contributed by atoms with Crippen molar-refractivity contribution in [3.05, 3.63) is 23.8 Å². The minimum atomic E-state index is 0.183. The lowest BCUT2D eigenvalue weighted by atomic mass is 9.75. The Balaban J connectivity index is 2.59. The molecular weight excluding hydrogens is 133 g/mol. The first-order chi connectivity index (χ1) is 5.24. The summed E-state index contributed by atoms with van der Waals surface area (Å²) in [4.78, 5) is 0. The van der Waals surface area contributed by atoms with Crippen molar-refractivity contribution in [3.8, 4) is 6.07 Å². The van der Waals surface area contributed by atoms with Crippen LogP contribution < -0.4 is 0 Å². The Hall–Kier alpha value is -0.965. The summed E-state index contributed by atoms with van der Waals surface area (Å²) >= 11 is 0. The molecule has 0 aromatic carbocycles. The van der Waals surface area contributed by atoms with Gasteiger partial charge in [-0.2, -0.15) is 5.26 Å². The van der Waals surface area contributed by atoms with Crippen molar-refractivity contribution in [1.82, 2.24) is 0 Å². The predicted molar refractivity (Wildman–Crippen MR) is 46.1 cm³/mol. The van der Waals surface area contributed by atoms with Gasteiger partial charge in [0.05, 0.1) is 13.9 Å². The lowest BCUT2D eigenvalue weighted by Gasteiger charge is -2.17. The Morgan fingerprint density at radius 1 is 1.82 bits per heavy atom. The van der Waals surface area contributed by atoms with Crippen LogP contribution in [-0.2, 0) is 0 Å². The number of hydrogen-bond donors (Lipinski definition) is 0. The van der Waals surface area contributed by atoms with Gasteiger partial charge in [-0.1, -0.05) is 24.9 Å². The van der Waals surface area contributed by atoms with Crippen LogP contribution in [0.1, 0.15) is 13.3 Å². The fraction of sp³-hybridized carbons (Fsp3) is 0.444. The van der Waals surface area contributed by atoms with E-state index < -0.39 is 0 Å². The fourth-order valence-corrected chi connectivity index (χ4v) is 1.11. The normalized spacial score (nSPS) is 25.5. The quantitative estimate of drug-likeness (QED) is 0.515. The molecule has 0 N–H and O–H groups in total. The molecule has 0 bridgehead atoms. The average Bonchev–Trinajstić information content (AvgIpc) is 2.05. The number of allylic oxidation sites excluding steroid dienone is 4. The molecule has 1 aliphatic carbocycles. The van der Waals surface area contributed by atoms with Gasteiger partial charge in [-0.05, 0) is 18.4 Å². The average molecular weight is 143 g/mol. The highest BCUT2D eigenvalue weighted by molar-refractivity contribution is 6.11. The van der Waals surface area contributed by atoms with Crippen molar-refractivity contribution in [1.29, 1.82) is 5.26 Å². The molecule has 0 spiro atoms. The van der Waals surface area contributed by atoms with Crippen molar-refractivity contribution in [2.75, 3.05) is 0 Å². The third kappa shape index (κ3) is 1.98. The van der Waals surface area contributed by atoms with Gasteiger partial charge in [0.2, 0.25) is 0 Å². The van der Waals surface area contributed by atoms with Crippen LogP contribution in [0.2, 0.25) is 5.82 Å². The highest BCUT2D eigenvalue weighted by Gasteiger charge is 2.11. The van der Waals surface area contributed by atoms with Crippen molar-refractivity contribution in [2.45, 2.75) is 19.2 Å². The van der Waals surface area contributed by atoms with Crippen LogP contribution in [0.5, 0.6) is 0 Å². The zero-order valence-electron chi connectivity index (χ0n) is 6.62. The lowest BCUT2D eigenvalue weighted by Crippen LogP contribution is -2.05. The van der Waals surface area contributed by atoms with Gasteiger partial charge >= 0.3 is 0 Å².